The van der Waals surface area contributed by atoms with Gasteiger partial charge in [-0.2, -0.15) is 5.26 Å². The van der Waals surface area contributed by atoms with E-state index in [0.717, 1.165) is 30.2 Å². The van der Waals surface area contributed by atoms with Crippen LogP contribution in [0.1, 0.15) is 12.8 Å². The summed E-state index contributed by atoms with van der Waals surface area (Å²) < 4.78 is 10.4. The second-order valence-electron chi connectivity index (χ2n) is 3.72. The van der Waals surface area contributed by atoms with Gasteiger partial charge in [0.2, 0.25) is 0 Å². The summed E-state index contributed by atoms with van der Waals surface area (Å²) in [7, 11) is 5.24. The van der Waals surface area contributed by atoms with E-state index >= 15 is 0 Å². The Kier molecular flexibility index (Phi) is 5.15. The molecule has 1 aromatic rings. The summed E-state index contributed by atoms with van der Waals surface area (Å²) in [5.74, 6) is 1.44. The third-order valence-corrected chi connectivity index (χ3v) is 2.59. The highest BCUT2D eigenvalue weighted by molar-refractivity contribution is 5.55. The average Bonchev–Trinajstić information content (AvgIpc) is 2.38. The molecule has 0 atom stereocenters. The van der Waals surface area contributed by atoms with Gasteiger partial charge in [0.25, 0.3) is 0 Å². The lowest BCUT2D eigenvalue weighted by Crippen LogP contribution is -2.18. The van der Waals surface area contributed by atoms with Crippen LogP contribution in [-0.4, -0.2) is 27.8 Å². The fourth-order valence-corrected chi connectivity index (χ4v) is 1.59. The number of hydrogen-bond acceptors (Lipinski definition) is 4. The number of anilines is 1. The minimum absolute atomic E-state index is 0.581. The van der Waals surface area contributed by atoms with E-state index in [-0.39, 0.29) is 0 Å². The molecule has 0 saturated carbocycles. The molecule has 4 heteroatoms. The molecule has 0 amide bonds. The number of nitriles is 1. The van der Waals surface area contributed by atoms with E-state index in [1.54, 1.807) is 14.2 Å². The summed E-state index contributed by atoms with van der Waals surface area (Å²) >= 11 is 0. The molecule has 1 rings (SSSR count). The van der Waals surface area contributed by atoms with Crippen molar-refractivity contribution in [3.05, 3.63) is 18.2 Å². The first kappa shape index (κ1) is 13.2. The van der Waals surface area contributed by atoms with Gasteiger partial charge in [0, 0.05) is 31.8 Å². The molecule has 0 aliphatic heterocycles. The van der Waals surface area contributed by atoms with Crippen LogP contribution in [0, 0.1) is 11.3 Å². The Morgan fingerprint density at radius 3 is 2.53 bits per heavy atom. The smallest absolute Gasteiger partial charge is 0.162 e. The van der Waals surface area contributed by atoms with Crippen molar-refractivity contribution < 1.29 is 9.47 Å². The third kappa shape index (κ3) is 3.56. The van der Waals surface area contributed by atoms with Crippen molar-refractivity contribution in [1.29, 1.82) is 5.26 Å². The normalized spacial score (nSPS) is 9.53. The summed E-state index contributed by atoms with van der Waals surface area (Å²) in [5, 5.41) is 8.50. The molecule has 0 fully saturated rings. The second-order valence-corrected chi connectivity index (χ2v) is 3.72. The van der Waals surface area contributed by atoms with E-state index in [0.29, 0.717) is 6.42 Å². The maximum Gasteiger partial charge on any atom is 0.162 e. The Bertz CT molecular complexity index is 399. The Balaban J connectivity index is 2.74. The average molecular weight is 234 g/mol. The zero-order valence-corrected chi connectivity index (χ0v) is 10.6. The lowest BCUT2D eigenvalue weighted by Gasteiger charge is -2.20. The molecule has 4 nitrogen and oxygen atoms in total. The van der Waals surface area contributed by atoms with E-state index in [1.807, 2.05) is 25.2 Å². The fraction of sp³-hybridized carbons (Fsp3) is 0.462. The summed E-state index contributed by atoms with van der Waals surface area (Å²) in [6, 6.07) is 7.94. The number of hydrogen-bond donors (Lipinski definition) is 0. The molecule has 0 aromatic heterocycles. The summed E-state index contributed by atoms with van der Waals surface area (Å²) in [4.78, 5) is 2.10. The van der Waals surface area contributed by atoms with Gasteiger partial charge in [-0.05, 0) is 18.6 Å². The molecule has 0 spiro atoms. The highest BCUT2D eigenvalue weighted by atomic mass is 16.5. The van der Waals surface area contributed by atoms with E-state index in [4.69, 9.17) is 14.7 Å². The Morgan fingerprint density at radius 2 is 1.94 bits per heavy atom. The standard InChI is InChI=1S/C13H18N2O2/c1-15(9-5-4-8-14)11-6-7-12(16-2)13(10-11)17-3/h6-7,10H,4-5,9H2,1-3H3. The summed E-state index contributed by atoms with van der Waals surface area (Å²) in [6.45, 7) is 0.850. The van der Waals surface area contributed by atoms with Gasteiger partial charge in [-0.25, -0.2) is 0 Å². The van der Waals surface area contributed by atoms with Crippen molar-refractivity contribution >= 4 is 5.69 Å². The zero-order valence-electron chi connectivity index (χ0n) is 10.6. The maximum atomic E-state index is 8.50. The first-order valence-corrected chi connectivity index (χ1v) is 5.53. The van der Waals surface area contributed by atoms with Crippen LogP contribution < -0.4 is 14.4 Å². The van der Waals surface area contributed by atoms with Crippen LogP contribution in [0.4, 0.5) is 5.69 Å². The Morgan fingerprint density at radius 1 is 1.24 bits per heavy atom. The molecule has 0 heterocycles. The lowest BCUT2D eigenvalue weighted by atomic mass is 10.2. The van der Waals surface area contributed by atoms with Crippen molar-refractivity contribution in [3.63, 3.8) is 0 Å². The summed E-state index contributed by atoms with van der Waals surface area (Å²) in [6.07, 6.45) is 1.44. The molecular weight excluding hydrogens is 216 g/mol. The van der Waals surface area contributed by atoms with E-state index in [2.05, 4.69) is 11.0 Å². The number of nitrogens with zero attached hydrogens (tertiary/aromatic N) is 2. The predicted molar refractivity (Wildman–Crippen MR) is 67.7 cm³/mol. The van der Waals surface area contributed by atoms with Crippen molar-refractivity contribution in [3.8, 4) is 17.6 Å². The third-order valence-electron chi connectivity index (χ3n) is 2.59. The van der Waals surface area contributed by atoms with Gasteiger partial charge in [-0.3, -0.25) is 0 Å². The topological polar surface area (TPSA) is 45.5 Å². The molecule has 0 radical (unpaired) electrons. The first-order valence-electron chi connectivity index (χ1n) is 5.53. The van der Waals surface area contributed by atoms with E-state index < -0.39 is 0 Å². The molecule has 0 unspecified atom stereocenters. The van der Waals surface area contributed by atoms with Crippen LogP contribution in [0.15, 0.2) is 18.2 Å². The molecule has 0 N–H and O–H groups in total. The molecule has 0 bridgehead atoms. The number of benzene rings is 1. The van der Waals surface area contributed by atoms with E-state index in [1.165, 1.54) is 0 Å². The number of unbranched alkanes of at least 4 members (excludes halogenated alkanes) is 1. The van der Waals surface area contributed by atoms with Gasteiger partial charge in [0.05, 0.1) is 20.3 Å². The van der Waals surface area contributed by atoms with Crippen LogP contribution in [0.3, 0.4) is 0 Å². The van der Waals surface area contributed by atoms with Crippen LogP contribution in [-0.2, 0) is 0 Å². The molecule has 92 valence electrons. The zero-order chi connectivity index (χ0) is 12.7. The van der Waals surface area contributed by atoms with Gasteiger partial charge in [-0.1, -0.05) is 0 Å². The highest BCUT2D eigenvalue weighted by Crippen LogP contribution is 2.31. The lowest BCUT2D eigenvalue weighted by molar-refractivity contribution is 0.355. The molecule has 0 aliphatic rings. The predicted octanol–water partition coefficient (Wildman–Crippen LogP) is 2.44. The minimum Gasteiger partial charge on any atom is -0.493 e. The molecule has 1 aromatic carbocycles. The number of ether oxygens (including phenoxy) is 2. The van der Waals surface area contributed by atoms with Crippen LogP contribution >= 0.6 is 0 Å². The second kappa shape index (κ2) is 6.64. The van der Waals surface area contributed by atoms with Crippen molar-refractivity contribution in [1.82, 2.24) is 0 Å². The monoisotopic (exact) mass is 234 g/mol. The van der Waals surface area contributed by atoms with Gasteiger partial charge < -0.3 is 14.4 Å². The van der Waals surface area contributed by atoms with Crippen molar-refractivity contribution in [2.75, 3.05) is 32.7 Å². The van der Waals surface area contributed by atoms with Crippen LogP contribution in [0.2, 0.25) is 0 Å². The maximum absolute atomic E-state index is 8.50. The van der Waals surface area contributed by atoms with Crippen molar-refractivity contribution in [2.45, 2.75) is 12.8 Å². The molecule has 0 saturated heterocycles. The highest BCUT2D eigenvalue weighted by Gasteiger charge is 2.07. The minimum atomic E-state index is 0.581. The molecule has 0 aliphatic carbocycles. The van der Waals surface area contributed by atoms with Crippen LogP contribution in [0.5, 0.6) is 11.5 Å². The van der Waals surface area contributed by atoms with Gasteiger partial charge in [0.15, 0.2) is 11.5 Å². The summed E-state index contributed by atoms with van der Waals surface area (Å²) in [5.41, 5.74) is 1.06. The van der Waals surface area contributed by atoms with Gasteiger partial charge in [-0.15, -0.1) is 0 Å². The number of methoxy groups -OCH3 is 2. The van der Waals surface area contributed by atoms with Crippen molar-refractivity contribution in [2.24, 2.45) is 0 Å². The molecule has 17 heavy (non-hydrogen) atoms. The Hall–Kier alpha value is -1.89. The first-order chi connectivity index (χ1) is 8.22. The fourth-order valence-electron chi connectivity index (χ4n) is 1.59. The Labute approximate surface area is 102 Å². The largest absolute Gasteiger partial charge is 0.493 e. The quantitative estimate of drug-likeness (QED) is 0.709. The van der Waals surface area contributed by atoms with Gasteiger partial charge >= 0.3 is 0 Å². The molecular formula is C13H18N2O2. The van der Waals surface area contributed by atoms with E-state index in [9.17, 15) is 0 Å². The van der Waals surface area contributed by atoms with Crippen LogP contribution in [0.25, 0.3) is 0 Å². The number of rotatable bonds is 6. The SMILES string of the molecule is COc1ccc(N(C)CCCC#N)cc1OC. The van der Waals surface area contributed by atoms with Gasteiger partial charge in [0.1, 0.15) is 0 Å².